The standard InChI is InChI=1S/C11H15F3N2O/c1-8-6-9(2-3-10(8)15)16(4-5-17)7-11(12,13)14/h2-3,6,17H,4-5,7,15H2,1H3. The molecule has 0 aromatic heterocycles. The minimum absolute atomic E-state index is 0.0666. The molecule has 96 valence electrons. The van der Waals surface area contributed by atoms with Crippen LogP contribution < -0.4 is 10.6 Å². The number of anilines is 2. The van der Waals surface area contributed by atoms with Crippen LogP contribution in [-0.2, 0) is 0 Å². The highest BCUT2D eigenvalue weighted by atomic mass is 19.4. The summed E-state index contributed by atoms with van der Waals surface area (Å²) in [5.41, 5.74) is 7.25. The number of halogens is 3. The molecule has 0 bridgehead atoms. The molecule has 3 nitrogen and oxygen atoms in total. The predicted molar refractivity (Wildman–Crippen MR) is 60.9 cm³/mol. The average Bonchev–Trinajstić information content (AvgIpc) is 2.19. The number of hydrogen-bond acceptors (Lipinski definition) is 3. The zero-order valence-corrected chi connectivity index (χ0v) is 9.46. The minimum atomic E-state index is -4.30. The number of benzene rings is 1. The third kappa shape index (κ3) is 4.14. The van der Waals surface area contributed by atoms with Crippen LogP contribution in [0.5, 0.6) is 0 Å². The van der Waals surface area contributed by atoms with E-state index < -0.39 is 12.7 Å². The number of nitrogens with zero attached hydrogens (tertiary/aromatic N) is 1. The molecule has 0 radical (unpaired) electrons. The van der Waals surface area contributed by atoms with Crippen LogP contribution >= 0.6 is 0 Å². The summed E-state index contributed by atoms with van der Waals surface area (Å²) in [5.74, 6) is 0. The summed E-state index contributed by atoms with van der Waals surface area (Å²) in [7, 11) is 0. The van der Waals surface area contributed by atoms with Gasteiger partial charge in [0.05, 0.1) is 6.61 Å². The number of nitrogens with two attached hydrogens (primary N) is 1. The Balaban J connectivity index is 2.93. The van der Waals surface area contributed by atoms with Gasteiger partial charge in [-0.15, -0.1) is 0 Å². The van der Waals surface area contributed by atoms with E-state index in [9.17, 15) is 13.2 Å². The lowest BCUT2D eigenvalue weighted by Crippen LogP contribution is -2.36. The van der Waals surface area contributed by atoms with Crippen molar-refractivity contribution in [1.29, 1.82) is 0 Å². The molecule has 0 unspecified atom stereocenters. The van der Waals surface area contributed by atoms with Crippen LogP contribution in [0.15, 0.2) is 18.2 Å². The third-order valence-electron chi connectivity index (χ3n) is 2.36. The van der Waals surface area contributed by atoms with E-state index in [4.69, 9.17) is 10.8 Å². The molecule has 0 fully saturated rings. The van der Waals surface area contributed by atoms with Crippen molar-refractivity contribution >= 4 is 11.4 Å². The molecular weight excluding hydrogens is 233 g/mol. The summed E-state index contributed by atoms with van der Waals surface area (Å²) in [6.45, 7) is 0.239. The van der Waals surface area contributed by atoms with E-state index in [1.165, 1.54) is 6.07 Å². The van der Waals surface area contributed by atoms with Gasteiger partial charge in [0.2, 0.25) is 0 Å². The molecule has 0 saturated heterocycles. The van der Waals surface area contributed by atoms with E-state index in [1.54, 1.807) is 19.1 Å². The fourth-order valence-corrected chi connectivity index (χ4v) is 1.49. The second-order valence-electron chi connectivity index (χ2n) is 3.80. The first-order valence-electron chi connectivity index (χ1n) is 5.12. The first-order chi connectivity index (χ1) is 7.83. The van der Waals surface area contributed by atoms with Gasteiger partial charge in [-0.25, -0.2) is 0 Å². The maximum atomic E-state index is 12.3. The van der Waals surface area contributed by atoms with Crippen molar-refractivity contribution in [2.45, 2.75) is 13.1 Å². The molecule has 17 heavy (non-hydrogen) atoms. The monoisotopic (exact) mass is 248 g/mol. The first kappa shape index (κ1) is 13.6. The van der Waals surface area contributed by atoms with Gasteiger partial charge in [-0.2, -0.15) is 13.2 Å². The number of nitrogen functional groups attached to an aromatic ring is 1. The highest BCUT2D eigenvalue weighted by Gasteiger charge is 2.30. The minimum Gasteiger partial charge on any atom is -0.399 e. The largest absolute Gasteiger partial charge is 0.405 e. The Morgan fingerprint density at radius 1 is 1.35 bits per heavy atom. The van der Waals surface area contributed by atoms with Gasteiger partial charge in [0.15, 0.2) is 0 Å². The number of aliphatic hydroxyl groups excluding tert-OH is 1. The molecule has 0 aliphatic carbocycles. The van der Waals surface area contributed by atoms with Crippen LogP contribution in [0.1, 0.15) is 5.56 Å². The predicted octanol–water partition coefficient (Wildman–Crippen LogP) is 1.94. The second kappa shape index (κ2) is 5.27. The molecule has 6 heteroatoms. The summed E-state index contributed by atoms with van der Waals surface area (Å²) in [4.78, 5) is 1.08. The maximum Gasteiger partial charge on any atom is 0.405 e. The molecule has 1 rings (SSSR count). The van der Waals surface area contributed by atoms with E-state index in [2.05, 4.69) is 0 Å². The highest BCUT2D eigenvalue weighted by molar-refractivity contribution is 5.58. The van der Waals surface area contributed by atoms with Gasteiger partial charge < -0.3 is 15.7 Å². The topological polar surface area (TPSA) is 49.5 Å². The Kier molecular flexibility index (Phi) is 4.22. The number of alkyl halides is 3. The van der Waals surface area contributed by atoms with Crippen molar-refractivity contribution in [3.8, 4) is 0 Å². The van der Waals surface area contributed by atoms with Crippen molar-refractivity contribution < 1.29 is 18.3 Å². The lowest BCUT2D eigenvalue weighted by molar-refractivity contribution is -0.119. The van der Waals surface area contributed by atoms with Gasteiger partial charge in [-0.1, -0.05) is 0 Å². The maximum absolute atomic E-state index is 12.3. The average molecular weight is 248 g/mol. The molecule has 0 atom stereocenters. The normalized spacial score (nSPS) is 11.6. The molecular formula is C11H15F3N2O. The van der Waals surface area contributed by atoms with Crippen LogP contribution in [0.3, 0.4) is 0 Å². The van der Waals surface area contributed by atoms with E-state index in [-0.39, 0.29) is 13.2 Å². The van der Waals surface area contributed by atoms with Gasteiger partial charge in [0.25, 0.3) is 0 Å². The van der Waals surface area contributed by atoms with Gasteiger partial charge in [-0.05, 0) is 30.7 Å². The van der Waals surface area contributed by atoms with Crippen LogP contribution in [0, 0.1) is 6.92 Å². The van der Waals surface area contributed by atoms with Crippen LogP contribution in [0.4, 0.5) is 24.5 Å². The van der Waals surface area contributed by atoms with E-state index in [0.717, 1.165) is 4.90 Å². The summed E-state index contributed by atoms with van der Waals surface area (Å²) < 4.78 is 37.0. The Bertz CT molecular complexity index is 379. The van der Waals surface area contributed by atoms with Crippen LogP contribution in [0.2, 0.25) is 0 Å². The zero-order valence-electron chi connectivity index (χ0n) is 9.46. The lowest BCUT2D eigenvalue weighted by Gasteiger charge is -2.25. The Morgan fingerprint density at radius 2 is 2.00 bits per heavy atom. The van der Waals surface area contributed by atoms with Gasteiger partial charge in [-0.3, -0.25) is 0 Å². The van der Waals surface area contributed by atoms with Crippen molar-refractivity contribution in [3.63, 3.8) is 0 Å². The Morgan fingerprint density at radius 3 is 2.47 bits per heavy atom. The fraction of sp³-hybridized carbons (Fsp3) is 0.455. The molecule has 0 amide bonds. The number of aliphatic hydroxyl groups is 1. The van der Waals surface area contributed by atoms with E-state index in [1.807, 2.05) is 0 Å². The van der Waals surface area contributed by atoms with Crippen LogP contribution in [0.25, 0.3) is 0 Å². The SMILES string of the molecule is Cc1cc(N(CCO)CC(F)(F)F)ccc1N. The van der Waals surface area contributed by atoms with Crippen molar-refractivity contribution in [1.82, 2.24) is 0 Å². The zero-order chi connectivity index (χ0) is 13.1. The number of aryl methyl sites for hydroxylation is 1. The fourth-order valence-electron chi connectivity index (χ4n) is 1.49. The second-order valence-corrected chi connectivity index (χ2v) is 3.80. The van der Waals surface area contributed by atoms with E-state index >= 15 is 0 Å². The summed E-state index contributed by atoms with van der Waals surface area (Å²) in [6, 6.07) is 4.66. The molecule has 0 spiro atoms. The van der Waals surface area contributed by atoms with Crippen molar-refractivity contribution in [2.24, 2.45) is 0 Å². The summed E-state index contributed by atoms with van der Waals surface area (Å²) >= 11 is 0. The summed E-state index contributed by atoms with van der Waals surface area (Å²) in [6.07, 6.45) is -4.30. The van der Waals surface area contributed by atoms with Gasteiger partial charge in [0.1, 0.15) is 6.54 Å². The molecule has 1 aromatic carbocycles. The smallest absolute Gasteiger partial charge is 0.399 e. The molecule has 0 saturated carbocycles. The van der Waals surface area contributed by atoms with Gasteiger partial charge >= 0.3 is 6.18 Å². The Hall–Kier alpha value is -1.43. The van der Waals surface area contributed by atoms with Crippen molar-refractivity contribution in [2.75, 3.05) is 30.3 Å². The lowest BCUT2D eigenvalue weighted by atomic mass is 10.1. The highest BCUT2D eigenvalue weighted by Crippen LogP contribution is 2.24. The molecule has 1 aromatic rings. The molecule has 0 aliphatic heterocycles. The molecule has 3 N–H and O–H groups in total. The van der Waals surface area contributed by atoms with Gasteiger partial charge in [0, 0.05) is 17.9 Å². The molecule has 0 heterocycles. The Labute approximate surface area is 97.6 Å². The third-order valence-corrected chi connectivity index (χ3v) is 2.36. The van der Waals surface area contributed by atoms with E-state index in [0.29, 0.717) is 16.9 Å². The number of hydrogen-bond donors (Lipinski definition) is 2. The van der Waals surface area contributed by atoms with Crippen molar-refractivity contribution in [3.05, 3.63) is 23.8 Å². The summed E-state index contributed by atoms with van der Waals surface area (Å²) in [5, 5.41) is 8.79. The first-order valence-corrected chi connectivity index (χ1v) is 5.12. The quantitative estimate of drug-likeness (QED) is 0.800. The molecule has 0 aliphatic rings. The number of rotatable bonds is 4. The van der Waals surface area contributed by atoms with Crippen LogP contribution in [-0.4, -0.2) is 31.0 Å².